The standard InChI is InChI=1S/C7H12N2O4/c1-5(6(10)11)4-9-2-3-13-7(8)12/h9H,1-4H2,(H2,8,12)(H,10,11). The van der Waals surface area contributed by atoms with E-state index in [1.807, 2.05) is 0 Å². The fourth-order valence-corrected chi connectivity index (χ4v) is 0.539. The van der Waals surface area contributed by atoms with Crippen molar-refractivity contribution in [3.8, 4) is 0 Å². The van der Waals surface area contributed by atoms with Gasteiger partial charge in [0.25, 0.3) is 0 Å². The van der Waals surface area contributed by atoms with Gasteiger partial charge in [0.1, 0.15) is 6.61 Å². The Balaban J connectivity index is 3.31. The van der Waals surface area contributed by atoms with Crippen LogP contribution in [0.2, 0.25) is 0 Å². The number of ether oxygens (including phenoxy) is 1. The minimum absolute atomic E-state index is 0.0547. The summed E-state index contributed by atoms with van der Waals surface area (Å²) in [5.41, 5.74) is 4.74. The largest absolute Gasteiger partial charge is 0.478 e. The van der Waals surface area contributed by atoms with Crippen LogP contribution >= 0.6 is 0 Å². The summed E-state index contributed by atoms with van der Waals surface area (Å²) in [6, 6.07) is 0. The second-order valence-electron chi connectivity index (χ2n) is 2.25. The molecule has 0 atom stereocenters. The molecule has 0 saturated heterocycles. The lowest BCUT2D eigenvalue weighted by molar-refractivity contribution is -0.132. The zero-order valence-electron chi connectivity index (χ0n) is 7.08. The van der Waals surface area contributed by atoms with Crippen LogP contribution in [0.25, 0.3) is 0 Å². The van der Waals surface area contributed by atoms with E-state index in [0.717, 1.165) is 0 Å². The van der Waals surface area contributed by atoms with Crippen LogP contribution in [-0.4, -0.2) is 36.9 Å². The van der Waals surface area contributed by atoms with Crippen LogP contribution in [0.5, 0.6) is 0 Å². The highest BCUT2D eigenvalue weighted by Crippen LogP contribution is 1.85. The Hall–Kier alpha value is -1.56. The number of carbonyl (C=O) groups excluding carboxylic acids is 1. The summed E-state index contributed by atoms with van der Waals surface area (Å²) in [4.78, 5) is 20.3. The molecule has 0 spiro atoms. The predicted molar refractivity (Wildman–Crippen MR) is 45.2 cm³/mol. The highest BCUT2D eigenvalue weighted by Gasteiger charge is 2.02. The van der Waals surface area contributed by atoms with Crippen LogP contribution in [0, 0.1) is 0 Å². The summed E-state index contributed by atoms with van der Waals surface area (Å²) in [6.07, 6.45) is -0.848. The molecule has 0 unspecified atom stereocenters. The van der Waals surface area contributed by atoms with Gasteiger partial charge in [0.15, 0.2) is 0 Å². The number of nitrogens with two attached hydrogens (primary N) is 1. The second-order valence-corrected chi connectivity index (χ2v) is 2.25. The smallest absolute Gasteiger partial charge is 0.404 e. The molecule has 0 saturated carbocycles. The lowest BCUT2D eigenvalue weighted by Gasteiger charge is -2.03. The van der Waals surface area contributed by atoms with E-state index < -0.39 is 12.1 Å². The maximum absolute atomic E-state index is 10.2. The molecule has 0 rings (SSSR count). The summed E-state index contributed by atoms with van der Waals surface area (Å²) in [5.74, 6) is -1.05. The van der Waals surface area contributed by atoms with E-state index in [2.05, 4.69) is 22.4 Å². The van der Waals surface area contributed by atoms with Crippen LogP contribution in [0.15, 0.2) is 12.2 Å². The molecular weight excluding hydrogens is 176 g/mol. The number of amides is 1. The Morgan fingerprint density at radius 1 is 1.54 bits per heavy atom. The first-order valence-electron chi connectivity index (χ1n) is 3.58. The molecule has 0 aromatic rings. The van der Waals surface area contributed by atoms with Gasteiger partial charge in [-0.15, -0.1) is 0 Å². The highest BCUT2D eigenvalue weighted by molar-refractivity contribution is 5.86. The van der Waals surface area contributed by atoms with Crippen molar-refractivity contribution in [3.63, 3.8) is 0 Å². The quantitative estimate of drug-likeness (QED) is 0.378. The number of rotatable bonds is 6. The Morgan fingerprint density at radius 2 is 2.15 bits per heavy atom. The predicted octanol–water partition coefficient (Wildman–Crippen LogP) is -0.688. The monoisotopic (exact) mass is 188 g/mol. The van der Waals surface area contributed by atoms with E-state index in [-0.39, 0.29) is 18.7 Å². The van der Waals surface area contributed by atoms with Crippen molar-refractivity contribution in [2.24, 2.45) is 5.73 Å². The fraction of sp³-hybridized carbons (Fsp3) is 0.429. The van der Waals surface area contributed by atoms with Gasteiger partial charge in [-0.25, -0.2) is 9.59 Å². The molecule has 0 aromatic heterocycles. The summed E-state index contributed by atoms with van der Waals surface area (Å²) >= 11 is 0. The molecule has 1 amide bonds. The van der Waals surface area contributed by atoms with Gasteiger partial charge in [-0.05, 0) is 0 Å². The van der Waals surface area contributed by atoms with E-state index in [9.17, 15) is 9.59 Å². The molecule has 74 valence electrons. The summed E-state index contributed by atoms with van der Waals surface area (Å²) < 4.78 is 4.38. The molecule has 0 heterocycles. The van der Waals surface area contributed by atoms with Crippen LogP contribution in [0.4, 0.5) is 4.79 Å². The number of aliphatic carboxylic acids is 1. The van der Waals surface area contributed by atoms with Crippen LogP contribution < -0.4 is 11.1 Å². The van der Waals surface area contributed by atoms with Crippen LogP contribution in [0.3, 0.4) is 0 Å². The second kappa shape index (κ2) is 6.01. The van der Waals surface area contributed by atoms with Crippen molar-refractivity contribution in [3.05, 3.63) is 12.2 Å². The van der Waals surface area contributed by atoms with Crippen molar-refractivity contribution >= 4 is 12.1 Å². The summed E-state index contributed by atoms with van der Waals surface area (Å²) in [7, 11) is 0. The molecular formula is C7H12N2O4. The first-order chi connectivity index (χ1) is 6.04. The van der Waals surface area contributed by atoms with E-state index >= 15 is 0 Å². The minimum atomic E-state index is -1.05. The topological polar surface area (TPSA) is 102 Å². The lowest BCUT2D eigenvalue weighted by Crippen LogP contribution is -2.26. The lowest BCUT2D eigenvalue weighted by atomic mass is 10.3. The molecule has 0 aliphatic rings. The van der Waals surface area contributed by atoms with Gasteiger partial charge in [-0.3, -0.25) is 0 Å². The molecule has 0 radical (unpaired) electrons. The third kappa shape index (κ3) is 6.82. The van der Waals surface area contributed by atoms with Crippen molar-refractivity contribution in [2.45, 2.75) is 0 Å². The fourth-order valence-electron chi connectivity index (χ4n) is 0.539. The van der Waals surface area contributed by atoms with Crippen molar-refractivity contribution < 1.29 is 19.4 Å². The third-order valence-corrected chi connectivity index (χ3v) is 1.16. The zero-order chi connectivity index (χ0) is 10.3. The Morgan fingerprint density at radius 3 is 2.62 bits per heavy atom. The molecule has 0 bridgehead atoms. The number of hydrogen-bond acceptors (Lipinski definition) is 4. The average molecular weight is 188 g/mol. The Kier molecular flexibility index (Phi) is 5.29. The van der Waals surface area contributed by atoms with Gasteiger partial charge >= 0.3 is 12.1 Å². The zero-order valence-corrected chi connectivity index (χ0v) is 7.08. The maximum atomic E-state index is 10.2. The number of hydrogen-bond donors (Lipinski definition) is 3. The number of carboxylic acid groups (broad SMARTS) is 1. The van der Waals surface area contributed by atoms with Crippen LogP contribution in [-0.2, 0) is 9.53 Å². The minimum Gasteiger partial charge on any atom is -0.478 e. The van der Waals surface area contributed by atoms with E-state index in [4.69, 9.17) is 5.11 Å². The number of primary amides is 1. The molecule has 0 aliphatic heterocycles. The Bertz CT molecular complexity index is 215. The van der Waals surface area contributed by atoms with Gasteiger partial charge in [0, 0.05) is 18.7 Å². The summed E-state index contributed by atoms with van der Waals surface area (Å²) in [5, 5.41) is 11.1. The number of carbonyl (C=O) groups is 2. The molecule has 0 aliphatic carbocycles. The third-order valence-electron chi connectivity index (χ3n) is 1.16. The molecule has 0 fully saturated rings. The number of nitrogens with one attached hydrogen (secondary N) is 1. The average Bonchev–Trinajstić information content (AvgIpc) is 2.02. The van der Waals surface area contributed by atoms with E-state index in [1.54, 1.807) is 0 Å². The van der Waals surface area contributed by atoms with Crippen LogP contribution in [0.1, 0.15) is 0 Å². The SMILES string of the molecule is C=C(CNCCOC(N)=O)C(=O)O. The summed E-state index contributed by atoms with van der Waals surface area (Å²) in [6.45, 7) is 3.90. The van der Waals surface area contributed by atoms with Gasteiger partial charge in [-0.2, -0.15) is 0 Å². The first-order valence-corrected chi connectivity index (χ1v) is 3.58. The maximum Gasteiger partial charge on any atom is 0.404 e. The highest BCUT2D eigenvalue weighted by atomic mass is 16.5. The normalized spacial score (nSPS) is 9.23. The van der Waals surface area contributed by atoms with Crippen molar-refractivity contribution in [1.29, 1.82) is 0 Å². The molecule has 13 heavy (non-hydrogen) atoms. The Labute approximate surface area is 75.4 Å². The van der Waals surface area contributed by atoms with Crippen molar-refractivity contribution in [1.82, 2.24) is 5.32 Å². The molecule has 0 aromatic carbocycles. The van der Waals surface area contributed by atoms with Gasteiger partial charge in [-0.1, -0.05) is 6.58 Å². The molecule has 6 nitrogen and oxygen atoms in total. The van der Waals surface area contributed by atoms with Gasteiger partial charge in [0.2, 0.25) is 0 Å². The molecule has 6 heteroatoms. The van der Waals surface area contributed by atoms with Gasteiger partial charge < -0.3 is 20.9 Å². The van der Waals surface area contributed by atoms with E-state index in [1.165, 1.54) is 0 Å². The van der Waals surface area contributed by atoms with Crippen molar-refractivity contribution in [2.75, 3.05) is 19.7 Å². The first kappa shape index (κ1) is 11.4. The van der Waals surface area contributed by atoms with Gasteiger partial charge in [0.05, 0.1) is 0 Å². The number of carboxylic acids is 1. The van der Waals surface area contributed by atoms with E-state index in [0.29, 0.717) is 6.54 Å². The molecule has 4 N–H and O–H groups in total.